The van der Waals surface area contributed by atoms with Crippen LogP contribution in [0.25, 0.3) is 10.9 Å². The van der Waals surface area contributed by atoms with Gasteiger partial charge in [0.25, 0.3) is 11.5 Å². The molecule has 0 radical (unpaired) electrons. The Labute approximate surface area is 142 Å². The molecule has 1 N–H and O–H groups in total. The zero-order valence-corrected chi connectivity index (χ0v) is 14.4. The Morgan fingerprint density at radius 2 is 2.04 bits per heavy atom. The molecule has 3 aromatic rings. The van der Waals surface area contributed by atoms with Gasteiger partial charge in [0.15, 0.2) is 5.13 Å². The molecule has 0 aliphatic carbocycles. The molecule has 1 aromatic carbocycles. The standard InChI is InChI=1S/C16H17N5O2S/c1-9(2)13(14(22)18-16-17-10(3)8-24-16)21-15(23)11-6-4-5-7-12(11)19-20-21/h4-9,13H,1-3H3,(H,17,18,22)/t13-/m0/s1. The van der Waals surface area contributed by atoms with E-state index in [0.29, 0.717) is 16.0 Å². The van der Waals surface area contributed by atoms with Gasteiger partial charge in [-0.15, -0.1) is 16.4 Å². The normalized spacial score (nSPS) is 12.5. The van der Waals surface area contributed by atoms with E-state index in [0.717, 1.165) is 10.4 Å². The van der Waals surface area contributed by atoms with Crippen LogP contribution in [0, 0.1) is 12.8 Å². The highest BCUT2D eigenvalue weighted by atomic mass is 32.1. The fraction of sp³-hybridized carbons (Fsp3) is 0.312. The lowest BCUT2D eigenvalue weighted by atomic mass is 10.0. The maximum absolute atomic E-state index is 12.7. The van der Waals surface area contributed by atoms with Crippen LogP contribution in [-0.2, 0) is 4.79 Å². The van der Waals surface area contributed by atoms with Gasteiger partial charge in [0.1, 0.15) is 11.6 Å². The fourth-order valence-electron chi connectivity index (χ4n) is 2.47. The number of amides is 1. The van der Waals surface area contributed by atoms with Crippen LogP contribution in [0.1, 0.15) is 25.6 Å². The van der Waals surface area contributed by atoms with Gasteiger partial charge in [-0.2, -0.15) is 4.68 Å². The molecule has 2 heterocycles. The van der Waals surface area contributed by atoms with E-state index >= 15 is 0 Å². The first kappa shape index (κ1) is 16.3. The summed E-state index contributed by atoms with van der Waals surface area (Å²) in [4.78, 5) is 29.6. The average Bonchev–Trinajstić information content (AvgIpc) is 2.95. The lowest BCUT2D eigenvalue weighted by molar-refractivity contribution is -0.120. The van der Waals surface area contributed by atoms with Crippen LogP contribution in [0.15, 0.2) is 34.4 Å². The Morgan fingerprint density at radius 1 is 1.29 bits per heavy atom. The molecule has 8 heteroatoms. The van der Waals surface area contributed by atoms with Crippen molar-refractivity contribution in [1.29, 1.82) is 0 Å². The number of carbonyl (C=O) groups is 1. The van der Waals surface area contributed by atoms with Crippen molar-refractivity contribution >= 4 is 33.3 Å². The van der Waals surface area contributed by atoms with E-state index in [1.165, 1.54) is 11.3 Å². The minimum Gasteiger partial charge on any atom is -0.300 e. The molecule has 0 aliphatic heterocycles. The van der Waals surface area contributed by atoms with Crippen molar-refractivity contribution in [3.63, 3.8) is 0 Å². The van der Waals surface area contributed by atoms with Gasteiger partial charge in [0, 0.05) is 5.38 Å². The summed E-state index contributed by atoms with van der Waals surface area (Å²) in [5, 5.41) is 13.6. The van der Waals surface area contributed by atoms with Gasteiger partial charge in [-0.25, -0.2) is 4.98 Å². The van der Waals surface area contributed by atoms with Gasteiger partial charge < -0.3 is 5.32 Å². The van der Waals surface area contributed by atoms with Crippen LogP contribution in [0.3, 0.4) is 0 Å². The molecular formula is C16H17N5O2S. The number of hydrogen-bond donors (Lipinski definition) is 1. The van der Waals surface area contributed by atoms with Gasteiger partial charge in [0.2, 0.25) is 0 Å². The van der Waals surface area contributed by atoms with Crippen LogP contribution >= 0.6 is 11.3 Å². The molecule has 0 bridgehead atoms. The first-order chi connectivity index (χ1) is 11.5. The fourth-order valence-corrected chi connectivity index (χ4v) is 3.16. The van der Waals surface area contributed by atoms with Gasteiger partial charge >= 0.3 is 0 Å². The van der Waals surface area contributed by atoms with Crippen molar-refractivity contribution in [2.45, 2.75) is 26.8 Å². The van der Waals surface area contributed by atoms with Gasteiger partial charge in [-0.3, -0.25) is 9.59 Å². The molecule has 0 saturated heterocycles. The minimum atomic E-state index is -0.765. The van der Waals surface area contributed by atoms with Crippen molar-refractivity contribution in [2.24, 2.45) is 5.92 Å². The zero-order chi connectivity index (χ0) is 17.3. The van der Waals surface area contributed by atoms with Gasteiger partial charge in [0.05, 0.1) is 11.1 Å². The Morgan fingerprint density at radius 3 is 2.71 bits per heavy atom. The lowest BCUT2D eigenvalue weighted by Crippen LogP contribution is -2.38. The number of carbonyl (C=O) groups excluding carboxylic acids is 1. The molecule has 1 amide bonds. The van der Waals surface area contributed by atoms with Crippen molar-refractivity contribution in [3.8, 4) is 0 Å². The monoisotopic (exact) mass is 343 g/mol. The Balaban J connectivity index is 2.00. The number of benzene rings is 1. The largest absolute Gasteiger partial charge is 0.300 e. The molecule has 1 atom stereocenters. The Kier molecular flexibility index (Phi) is 4.39. The SMILES string of the molecule is Cc1csc(NC(=O)[C@H](C(C)C)n2nnc3ccccc3c2=O)n1. The third-order valence-electron chi connectivity index (χ3n) is 3.60. The number of aryl methyl sites for hydroxylation is 1. The zero-order valence-electron chi connectivity index (χ0n) is 13.6. The molecule has 0 saturated carbocycles. The number of anilines is 1. The second-order valence-electron chi connectivity index (χ2n) is 5.83. The third kappa shape index (κ3) is 3.05. The molecular weight excluding hydrogens is 326 g/mol. The number of thiazole rings is 1. The number of hydrogen-bond acceptors (Lipinski definition) is 6. The maximum atomic E-state index is 12.7. The van der Waals surface area contributed by atoms with Crippen LogP contribution in [0.4, 0.5) is 5.13 Å². The number of rotatable bonds is 4. The van der Waals surface area contributed by atoms with E-state index in [1.807, 2.05) is 26.2 Å². The molecule has 7 nitrogen and oxygen atoms in total. The second kappa shape index (κ2) is 6.48. The van der Waals surface area contributed by atoms with E-state index in [9.17, 15) is 9.59 Å². The van der Waals surface area contributed by atoms with Crippen molar-refractivity contribution in [2.75, 3.05) is 5.32 Å². The molecule has 0 aliphatic rings. The number of aromatic nitrogens is 4. The first-order valence-corrected chi connectivity index (χ1v) is 8.42. The summed E-state index contributed by atoms with van der Waals surface area (Å²) in [5.74, 6) is -0.467. The second-order valence-corrected chi connectivity index (χ2v) is 6.69. The van der Waals surface area contributed by atoms with Crippen molar-refractivity contribution in [3.05, 3.63) is 45.7 Å². The third-order valence-corrected chi connectivity index (χ3v) is 4.48. The smallest absolute Gasteiger partial charge is 0.278 e. The van der Waals surface area contributed by atoms with Gasteiger partial charge in [-0.05, 0) is 25.0 Å². The summed E-state index contributed by atoms with van der Waals surface area (Å²) < 4.78 is 1.16. The number of nitrogens with zero attached hydrogens (tertiary/aromatic N) is 4. The molecule has 124 valence electrons. The van der Waals surface area contributed by atoms with Crippen LogP contribution < -0.4 is 10.9 Å². The summed E-state index contributed by atoms with van der Waals surface area (Å²) in [6, 6.07) is 6.19. The summed E-state index contributed by atoms with van der Waals surface area (Å²) in [7, 11) is 0. The summed E-state index contributed by atoms with van der Waals surface area (Å²) in [6.45, 7) is 5.58. The number of nitrogens with one attached hydrogen (secondary N) is 1. The molecule has 0 spiro atoms. The lowest BCUT2D eigenvalue weighted by Gasteiger charge is -2.20. The van der Waals surface area contributed by atoms with Crippen LogP contribution in [-0.4, -0.2) is 25.9 Å². The van der Waals surface area contributed by atoms with Crippen molar-refractivity contribution in [1.82, 2.24) is 20.0 Å². The van der Waals surface area contributed by atoms with Crippen LogP contribution in [0.2, 0.25) is 0 Å². The van der Waals surface area contributed by atoms with E-state index in [1.54, 1.807) is 24.3 Å². The van der Waals surface area contributed by atoms with E-state index in [-0.39, 0.29) is 17.4 Å². The predicted octanol–water partition coefficient (Wildman–Crippen LogP) is 2.39. The summed E-state index contributed by atoms with van der Waals surface area (Å²) in [6.07, 6.45) is 0. The summed E-state index contributed by atoms with van der Waals surface area (Å²) >= 11 is 1.34. The first-order valence-electron chi connectivity index (χ1n) is 7.54. The number of fused-ring (bicyclic) bond motifs is 1. The van der Waals surface area contributed by atoms with Crippen LogP contribution in [0.5, 0.6) is 0 Å². The molecule has 3 rings (SSSR count). The van der Waals surface area contributed by atoms with Gasteiger partial charge in [-0.1, -0.05) is 31.2 Å². The summed E-state index contributed by atoms with van der Waals surface area (Å²) in [5.41, 5.74) is 1.01. The maximum Gasteiger partial charge on any atom is 0.278 e. The minimum absolute atomic E-state index is 0.140. The highest BCUT2D eigenvalue weighted by molar-refractivity contribution is 7.13. The molecule has 0 unspecified atom stereocenters. The Hall–Kier alpha value is -2.61. The highest BCUT2D eigenvalue weighted by Crippen LogP contribution is 2.20. The van der Waals surface area contributed by atoms with Crippen molar-refractivity contribution < 1.29 is 4.79 Å². The predicted molar refractivity (Wildman–Crippen MR) is 93.2 cm³/mol. The highest BCUT2D eigenvalue weighted by Gasteiger charge is 2.28. The molecule has 24 heavy (non-hydrogen) atoms. The average molecular weight is 343 g/mol. The molecule has 0 fully saturated rings. The topological polar surface area (TPSA) is 89.8 Å². The van der Waals surface area contributed by atoms with E-state index < -0.39 is 6.04 Å². The van der Waals surface area contributed by atoms with E-state index in [2.05, 4.69) is 20.6 Å². The quantitative estimate of drug-likeness (QED) is 0.785. The molecule has 2 aromatic heterocycles. The van der Waals surface area contributed by atoms with E-state index in [4.69, 9.17) is 0 Å². The Bertz CT molecular complexity index is 947.